The molecular weight excluding hydrogens is 853 g/mol. The number of allylic oxidation sites excluding steroid dienone is 20. The van der Waals surface area contributed by atoms with Gasteiger partial charge < -0.3 is 14.2 Å². The van der Waals surface area contributed by atoms with E-state index in [9.17, 15) is 14.4 Å². The lowest BCUT2D eigenvalue weighted by molar-refractivity contribution is -0.167. The zero-order chi connectivity index (χ0) is 50.0. The zero-order valence-electron chi connectivity index (χ0n) is 44.5. The van der Waals surface area contributed by atoms with E-state index in [1.54, 1.807) is 0 Å². The molecule has 0 rings (SSSR count). The van der Waals surface area contributed by atoms with E-state index in [4.69, 9.17) is 14.2 Å². The molecule has 0 aliphatic carbocycles. The summed E-state index contributed by atoms with van der Waals surface area (Å²) in [5.41, 5.74) is 0. The van der Waals surface area contributed by atoms with E-state index in [2.05, 4.69) is 142 Å². The first-order valence-corrected chi connectivity index (χ1v) is 28.0. The van der Waals surface area contributed by atoms with Crippen LogP contribution >= 0.6 is 0 Å². The van der Waals surface area contributed by atoms with Crippen LogP contribution in [0.15, 0.2) is 122 Å². The van der Waals surface area contributed by atoms with Gasteiger partial charge in [-0.25, -0.2) is 0 Å². The summed E-state index contributed by atoms with van der Waals surface area (Å²) in [6, 6.07) is 0. The Kier molecular flexibility index (Phi) is 53.0. The van der Waals surface area contributed by atoms with Crippen LogP contribution in [0.25, 0.3) is 0 Å². The normalized spacial score (nSPS) is 13.0. The van der Waals surface area contributed by atoms with Crippen molar-refractivity contribution in [2.75, 3.05) is 13.2 Å². The summed E-state index contributed by atoms with van der Waals surface area (Å²) < 4.78 is 16.8. The monoisotopic (exact) mass is 955 g/mol. The molecule has 0 aliphatic rings. The largest absolute Gasteiger partial charge is 0.462 e. The minimum absolute atomic E-state index is 0.121. The van der Waals surface area contributed by atoms with E-state index < -0.39 is 6.10 Å². The predicted octanol–water partition coefficient (Wildman–Crippen LogP) is 18.9. The lowest BCUT2D eigenvalue weighted by Crippen LogP contribution is -2.30. The Bertz CT molecular complexity index is 1470. The van der Waals surface area contributed by atoms with Crippen LogP contribution < -0.4 is 0 Å². The van der Waals surface area contributed by atoms with Crippen LogP contribution in [0, 0.1) is 0 Å². The zero-order valence-corrected chi connectivity index (χ0v) is 44.5. The molecule has 0 amide bonds. The molecule has 0 saturated carbocycles. The second kappa shape index (κ2) is 56.4. The molecule has 6 nitrogen and oxygen atoms in total. The van der Waals surface area contributed by atoms with Gasteiger partial charge in [-0.1, -0.05) is 213 Å². The number of unbranched alkanes of at least 4 members (excludes halogenated alkanes) is 18. The maximum absolute atomic E-state index is 12.8. The van der Waals surface area contributed by atoms with Gasteiger partial charge >= 0.3 is 17.9 Å². The van der Waals surface area contributed by atoms with Crippen LogP contribution in [0.1, 0.15) is 239 Å². The molecule has 0 bridgehead atoms. The van der Waals surface area contributed by atoms with Gasteiger partial charge in [0.1, 0.15) is 13.2 Å². The molecule has 0 N–H and O–H groups in total. The Hall–Kier alpha value is -4.19. The fourth-order valence-electron chi connectivity index (χ4n) is 7.22. The summed E-state index contributed by atoms with van der Waals surface area (Å²) in [5.74, 6) is -1.02. The molecule has 0 heterocycles. The molecule has 1 atom stereocenters. The second-order valence-electron chi connectivity index (χ2n) is 18.1. The third kappa shape index (κ3) is 54.6. The average molecular weight is 956 g/mol. The summed E-state index contributed by atoms with van der Waals surface area (Å²) in [5, 5.41) is 0. The summed E-state index contributed by atoms with van der Waals surface area (Å²) in [7, 11) is 0. The standard InChI is InChI=1S/C63H102O6/c1-4-7-10-13-16-19-22-25-28-31-34-37-40-43-46-49-52-55-61(64)67-58-60(69-63(66)57-54-51-48-45-42-39-36-33-30-27-24-21-18-15-12-9-6-3)59-68-62(65)56-53-50-47-44-41-38-35-32-29-26-23-20-17-14-11-8-5-2/h7,10,16-17,19-20,25-30,34-39,45,48,60H,4-6,8-9,11-15,18,21-24,31-33,40-44,46-47,49-59H2,1-3H3/b10-7-,19-16-,20-17-,28-25-,29-26-,30-27-,37-34-,38-35-,39-36-,48-45-/t60-/m1/s1. The minimum Gasteiger partial charge on any atom is -0.462 e. The highest BCUT2D eigenvalue weighted by atomic mass is 16.6. The number of ether oxygens (including phenoxy) is 3. The Morgan fingerprint density at radius 2 is 0.580 bits per heavy atom. The molecule has 69 heavy (non-hydrogen) atoms. The van der Waals surface area contributed by atoms with Crippen LogP contribution in [0.5, 0.6) is 0 Å². The van der Waals surface area contributed by atoms with Crippen molar-refractivity contribution < 1.29 is 28.6 Å². The van der Waals surface area contributed by atoms with Crippen LogP contribution in [0.4, 0.5) is 0 Å². The summed E-state index contributed by atoms with van der Waals surface area (Å²) in [6.07, 6.45) is 77.6. The second-order valence-corrected chi connectivity index (χ2v) is 18.1. The van der Waals surface area contributed by atoms with Crippen molar-refractivity contribution in [1.82, 2.24) is 0 Å². The first-order chi connectivity index (χ1) is 34.0. The van der Waals surface area contributed by atoms with Crippen molar-refractivity contribution in [2.45, 2.75) is 245 Å². The Morgan fingerprint density at radius 3 is 0.957 bits per heavy atom. The maximum atomic E-state index is 12.8. The molecule has 0 spiro atoms. The molecule has 390 valence electrons. The van der Waals surface area contributed by atoms with E-state index in [1.165, 1.54) is 70.6 Å². The van der Waals surface area contributed by atoms with Crippen LogP contribution in [-0.2, 0) is 28.6 Å². The van der Waals surface area contributed by atoms with Crippen molar-refractivity contribution in [3.05, 3.63) is 122 Å². The minimum atomic E-state index is -0.828. The SMILES string of the molecule is CC/C=C\C/C=C\C/C=C\C/C=C\CCCCCCC(=O)OC[C@H](COC(=O)CCCCCC/C=C\C/C=C\C/C=C\CCCCC)OC(=O)CCC/C=C\C/C=C\C/C=C\CCCCCCCC. The van der Waals surface area contributed by atoms with E-state index in [-0.39, 0.29) is 37.5 Å². The van der Waals surface area contributed by atoms with Gasteiger partial charge in [0, 0.05) is 19.3 Å². The van der Waals surface area contributed by atoms with Crippen LogP contribution in [0.2, 0.25) is 0 Å². The van der Waals surface area contributed by atoms with E-state index >= 15 is 0 Å². The van der Waals surface area contributed by atoms with Gasteiger partial charge in [-0.05, 0) is 128 Å². The van der Waals surface area contributed by atoms with Gasteiger partial charge in [0.15, 0.2) is 6.10 Å². The van der Waals surface area contributed by atoms with Gasteiger partial charge in [-0.2, -0.15) is 0 Å². The van der Waals surface area contributed by atoms with Crippen molar-refractivity contribution in [1.29, 1.82) is 0 Å². The predicted molar refractivity (Wildman–Crippen MR) is 297 cm³/mol. The number of rotatable bonds is 49. The molecule has 0 unspecified atom stereocenters. The fourth-order valence-corrected chi connectivity index (χ4v) is 7.22. The number of esters is 3. The Balaban J connectivity index is 4.57. The van der Waals surface area contributed by atoms with Gasteiger partial charge in [0.2, 0.25) is 0 Å². The van der Waals surface area contributed by atoms with E-state index in [0.29, 0.717) is 19.3 Å². The fraction of sp³-hybridized carbons (Fsp3) is 0.635. The molecule has 0 fully saturated rings. The van der Waals surface area contributed by atoms with Crippen molar-refractivity contribution >= 4 is 17.9 Å². The average Bonchev–Trinajstić information content (AvgIpc) is 3.35. The Labute approximate surface area is 424 Å². The van der Waals surface area contributed by atoms with Crippen molar-refractivity contribution in [3.8, 4) is 0 Å². The van der Waals surface area contributed by atoms with Gasteiger partial charge in [-0.3, -0.25) is 14.4 Å². The highest BCUT2D eigenvalue weighted by Gasteiger charge is 2.19. The Morgan fingerprint density at radius 1 is 0.304 bits per heavy atom. The smallest absolute Gasteiger partial charge is 0.306 e. The number of carbonyl (C=O) groups excluding carboxylic acids is 3. The van der Waals surface area contributed by atoms with E-state index in [0.717, 1.165) is 122 Å². The lowest BCUT2D eigenvalue weighted by atomic mass is 10.1. The van der Waals surface area contributed by atoms with Crippen LogP contribution in [-0.4, -0.2) is 37.2 Å². The molecule has 0 aromatic carbocycles. The lowest BCUT2D eigenvalue weighted by Gasteiger charge is -2.18. The molecule has 6 heteroatoms. The van der Waals surface area contributed by atoms with Crippen LogP contribution in [0.3, 0.4) is 0 Å². The molecule has 0 radical (unpaired) electrons. The first-order valence-electron chi connectivity index (χ1n) is 28.0. The summed E-state index contributed by atoms with van der Waals surface area (Å²) >= 11 is 0. The molecule has 0 aliphatic heterocycles. The number of hydrogen-bond donors (Lipinski definition) is 0. The van der Waals surface area contributed by atoms with E-state index in [1.807, 2.05) is 0 Å². The molecule has 0 aromatic rings. The van der Waals surface area contributed by atoms with Gasteiger partial charge in [0.25, 0.3) is 0 Å². The third-order valence-electron chi connectivity index (χ3n) is 11.4. The highest BCUT2D eigenvalue weighted by Crippen LogP contribution is 2.12. The topological polar surface area (TPSA) is 78.9 Å². The quantitative estimate of drug-likeness (QED) is 0.0262. The summed E-state index contributed by atoms with van der Waals surface area (Å²) in [4.78, 5) is 38.1. The maximum Gasteiger partial charge on any atom is 0.306 e. The van der Waals surface area contributed by atoms with Gasteiger partial charge in [-0.15, -0.1) is 0 Å². The molecular formula is C63H102O6. The van der Waals surface area contributed by atoms with Crippen molar-refractivity contribution in [2.24, 2.45) is 0 Å². The summed E-state index contributed by atoms with van der Waals surface area (Å²) in [6.45, 7) is 6.40. The van der Waals surface area contributed by atoms with Gasteiger partial charge in [0.05, 0.1) is 0 Å². The molecule has 0 saturated heterocycles. The highest BCUT2D eigenvalue weighted by molar-refractivity contribution is 5.71. The first kappa shape index (κ1) is 64.8. The number of hydrogen-bond acceptors (Lipinski definition) is 6. The molecule has 0 aromatic heterocycles. The van der Waals surface area contributed by atoms with Crippen molar-refractivity contribution in [3.63, 3.8) is 0 Å². The third-order valence-corrected chi connectivity index (χ3v) is 11.4. The number of carbonyl (C=O) groups is 3.